The third kappa shape index (κ3) is 4.21. The van der Waals surface area contributed by atoms with Gasteiger partial charge in [-0.25, -0.2) is 14.6 Å². The molecule has 2 heterocycles. The van der Waals surface area contributed by atoms with Crippen molar-refractivity contribution in [2.75, 3.05) is 26.2 Å². The van der Waals surface area contributed by atoms with Crippen LogP contribution in [0, 0.1) is 0 Å². The number of nitrogens with two attached hydrogens (primary N) is 1. The van der Waals surface area contributed by atoms with Gasteiger partial charge in [-0.1, -0.05) is 18.2 Å². The van der Waals surface area contributed by atoms with Crippen LogP contribution >= 0.6 is 0 Å². The first-order chi connectivity index (χ1) is 12.3. The van der Waals surface area contributed by atoms with E-state index in [1.54, 1.807) is 15.8 Å². The van der Waals surface area contributed by atoms with Gasteiger partial charge >= 0.3 is 6.03 Å². The third-order valence-electron chi connectivity index (χ3n) is 4.35. The van der Waals surface area contributed by atoms with Crippen molar-refractivity contribution in [1.29, 1.82) is 0 Å². The summed E-state index contributed by atoms with van der Waals surface area (Å²) in [5.74, 6) is 0. The van der Waals surface area contributed by atoms with E-state index in [1.807, 2.05) is 43.5 Å². The van der Waals surface area contributed by atoms with Crippen LogP contribution in [0.2, 0.25) is 0 Å². The van der Waals surface area contributed by atoms with Crippen LogP contribution in [0.3, 0.4) is 0 Å². The highest BCUT2D eigenvalue weighted by molar-refractivity contribution is 7.86. The lowest BCUT2D eigenvalue weighted by molar-refractivity contribution is 0.169. The molecule has 0 bridgehead atoms. The molecule has 26 heavy (non-hydrogen) atoms. The van der Waals surface area contributed by atoms with Gasteiger partial charge in [0.05, 0.1) is 17.9 Å². The van der Waals surface area contributed by atoms with Crippen LogP contribution in [-0.2, 0) is 10.2 Å². The maximum absolute atomic E-state index is 12.4. The Bertz CT molecular complexity index is 859. The molecule has 0 radical (unpaired) electrons. The zero-order valence-corrected chi connectivity index (χ0v) is 15.3. The molecule has 0 unspecified atom stereocenters. The number of nitrogens with zero attached hydrogens (tertiary/aromatic N) is 4. The molecule has 1 atom stereocenters. The Balaban J connectivity index is 1.58. The summed E-state index contributed by atoms with van der Waals surface area (Å²) < 4.78 is 25.6. The maximum Gasteiger partial charge on any atom is 0.317 e. The predicted octanol–water partition coefficient (Wildman–Crippen LogP) is 0.464. The molecule has 2 aromatic rings. The maximum atomic E-state index is 12.4. The Hall–Kier alpha value is -2.43. The van der Waals surface area contributed by atoms with Crippen LogP contribution in [0.5, 0.6) is 0 Å². The normalized spacial score (nSPS) is 17.1. The number of piperazine rings is 1. The van der Waals surface area contributed by atoms with E-state index in [1.165, 1.54) is 4.31 Å². The van der Waals surface area contributed by atoms with E-state index in [-0.39, 0.29) is 25.2 Å². The SMILES string of the molecule is C[C@H](NC(=O)N1CCN(S(N)(=O)=O)CC1)c1cnn(-c2ccccc2)c1. The van der Waals surface area contributed by atoms with Crippen LogP contribution in [0.1, 0.15) is 18.5 Å². The number of benzene rings is 1. The van der Waals surface area contributed by atoms with E-state index in [0.29, 0.717) is 13.1 Å². The summed E-state index contributed by atoms with van der Waals surface area (Å²) in [4.78, 5) is 14.0. The lowest BCUT2D eigenvalue weighted by atomic mass is 10.2. The summed E-state index contributed by atoms with van der Waals surface area (Å²) in [5, 5.41) is 12.4. The van der Waals surface area contributed by atoms with Crippen molar-refractivity contribution in [3.8, 4) is 5.69 Å². The molecule has 0 spiro atoms. The van der Waals surface area contributed by atoms with Gasteiger partial charge in [-0.05, 0) is 19.1 Å². The number of rotatable bonds is 4. The van der Waals surface area contributed by atoms with Gasteiger partial charge in [0, 0.05) is 37.9 Å². The molecular formula is C16H22N6O3S. The molecule has 140 valence electrons. The Labute approximate surface area is 152 Å². The topological polar surface area (TPSA) is 114 Å². The minimum Gasteiger partial charge on any atom is -0.331 e. The molecule has 1 fully saturated rings. The predicted molar refractivity (Wildman–Crippen MR) is 96.8 cm³/mol. The Morgan fingerprint density at radius 1 is 1.19 bits per heavy atom. The van der Waals surface area contributed by atoms with Crippen molar-refractivity contribution < 1.29 is 13.2 Å². The van der Waals surface area contributed by atoms with Crippen LogP contribution in [0.15, 0.2) is 42.7 Å². The number of para-hydroxylation sites is 1. The molecule has 9 nitrogen and oxygen atoms in total. The van der Waals surface area contributed by atoms with Gasteiger partial charge in [0.15, 0.2) is 0 Å². The molecule has 10 heteroatoms. The van der Waals surface area contributed by atoms with Gasteiger partial charge in [0.1, 0.15) is 0 Å². The second-order valence-electron chi connectivity index (χ2n) is 6.16. The average molecular weight is 378 g/mol. The number of hydrogen-bond acceptors (Lipinski definition) is 4. The Morgan fingerprint density at radius 2 is 1.85 bits per heavy atom. The summed E-state index contributed by atoms with van der Waals surface area (Å²) in [6.07, 6.45) is 3.59. The summed E-state index contributed by atoms with van der Waals surface area (Å²) in [6, 6.07) is 9.24. The zero-order valence-electron chi connectivity index (χ0n) is 14.4. The molecule has 1 aliphatic heterocycles. The molecular weight excluding hydrogens is 356 g/mol. The van der Waals surface area contributed by atoms with Gasteiger partial charge in [0.2, 0.25) is 0 Å². The third-order valence-corrected chi connectivity index (χ3v) is 5.43. The van der Waals surface area contributed by atoms with Crippen molar-refractivity contribution in [1.82, 2.24) is 24.3 Å². The molecule has 1 aliphatic rings. The number of urea groups is 1. The molecule has 1 aromatic carbocycles. The number of carbonyl (C=O) groups is 1. The molecule has 3 N–H and O–H groups in total. The number of nitrogens with one attached hydrogen (secondary N) is 1. The van der Waals surface area contributed by atoms with E-state index < -0.39 is 10.2 Å². The van der Waals surface area contributed by atoms with Gasteiger partial charge in [-0.3, -0.25) is 0 Å². The quantitative estimate of drug-likeness (QED) is 0.805. The van der Waals surface area contributed by atoms with Crippen LogP contribution < -0.4 is 10.5 Å². The highest BCUT2D eigenvalue weighted by atomic mass is 32.2. The van der Waals surface area contributed by atoms with Crippen molar-refractivity contribution in [2.45, 2.75) is 13.0 Å². The molecule has 0 saturated carbocycles. The molecule has 1 aromatic heterocycles. The van der Waals surface area contributed by atoms with Gasteiger partial charge in [-0.2, -0.15) is 17.8 Å². The minimum absolute atomic E-state index is 0.201. The fourth-order valence-electron chi connectivity index (χ4n) is 2.79. The van der Waals surface area contributed by atoms with Gasteiger partial charge in [0.25, 0.3) is 10.2 Å². The number of aromatic nitrogens is 2. The summed E-state index contributed by atoms with van der Waals surface area (Å²) >= 11 is 0. The lowest BCUT2D eigenvalue weighted by Crippen LogP contribution is -2.54. The van der Waals surface area contributed by atoms with Crippen molar-refractivity contribution in [3.63, 3.8) is 0 Å². The number of carbonyl (C=O) groups excluding carboxylic acids is 1. The van der Waals surface area contributed by atoms with Crippen LogP contribution in [-0.4, -0.2) is 59.6 Å². The summed E-state index contributed by atoms with van der Waals surface area (Å²) in [6.45, 7) is 2.89. The molecule has 2 amide bonds. The monoisotopic (exact) mass is 378 g/mol. The highest BCUT2D eigenvalue weighted by Crippen LogP contribution is 2.15. The second-order valence-corrected chi connectivity index (χ2v) is 7.70. The summed E-state index contributed by atoms with van der Waals surface area (Å²) in [5.41, 5.74) is 1.82. The highest BCUT2D eigenvalue weighted by Gasteiger charge is 2.27. The lowest BCUT2D eigenvalue weighted by Gasteiger charge is -2.33. The van der Waals surface area contributed by atoms with Gasteiger partial charge in [-0.15, -0.1) is 0 Å². The Kier molecular flexibility index (Phi) is 5.25. The van der Waals surface area contributed by atoms with E-state index in [9.17, 15) is 13.2 Å². The first kappa shape index (κ1) is 18.4. The van der Waals surface area contributed by atoms with Crippen molar-refractivity contribution in [3.05, 3.63) is 48.3 Å². The fraction of sp³-hybridized carbons (Fsp3) is 0.375. The first-order valence-corrected chi connectivity index (χ1v) is 9.78. The van der Waals surface area contributed by atoms with E-state index in [4.69, 9.17) is 5.14 Å². The van der Waals surface area contributed by atoms with Crippen molar-refractivity contribution >= 4 is 16.2 Å². The fourth-order valence-corrected chi connectivity index (χ4v) is 3.46. The van der Waals surface area contributed by atoms with E-state index >= 15 is 0 Å². The molecule has 0 aliphatic carbocycles. The molecule has 3 rings (SSSR count). The Morgan fingerprint density at radius 3 is 2.46 bits per heavy atom. The summed E-state index contributed by atoms with van der Waals surface area (Å²) in [7, 11) is -3.70. The largest absolute Gasteiger partial charge is 0.331 e. The number of amides is 2. The van der Waals surface area contributed by atoms with Crippen LogP contribution in [0.4, 0.5) is 4.79 Å². The second kappa shape index (κ2) is 7.44. The minimum atomic E-state index is -3.70. The van der Waals surface area contributed by atoms with E-state index in [0.717, 1.165) is 11.3 Å². The standard InChI is InChI=1S/C16H22N6O3S/c1-13(14-11-18-22(12-14)15-5-3-2-4-6-15)19-16(23)20-7-9-21(10-8-20)26(17,24)25/h2-6,11-13H,7-10H2,1H3,(H,19,23)(H2,17,24,25)/t13-/m0/s1. The molecule has 1 saturated heterocycles. The van der Waals surface area contributed by atoms with Crippen LogP contribution in [0.25, 0.3) is 5.69 Å². The first-order valence-electron chi connectivity index (χ1n) is 8.28. The van der Waals surface area contributed by atoms with E-state index in [2.05, 4.69) is 10.4 Å². The van der Waals surface area contributed by atoms with Gasteiger partial charge < -0.3 is 10.2 Å². The smallest absolute Gasteiger partial charge is 0.317 e. The number of hydrogen-bond donors (Lipinski definition) is 2. The van der Waals surface area contributed by atoms with Crippen molar-refractivity contribution in [2.24, 2.45) is 5.14 Å². The average Bonchev–Trinajstić information content (AvgIpc) is 3.12. The zero-order chi connectivity index (χ0) is 18.7.